The Morgan fingerprint density at radius 3 is 2.79 bits per heavy atom. The van der Waals surface area contributed by atoms with Gasteiger partial charge in [0.25, 0.3) is 0 Å². The molecule has 4 nitrogen and oxygen atoms in total. The Hall–Kier alpha value is -1.23. The minimum atomic E-state index is -0.786. The van der Waals surface area contributed by atoms with E-state index in [0.717, 1.165) is 28.8 Å². The van der Waals surface area contributed by atoms with Crippen LogP contribution in [-0.2, 0) is 6.42 Å². The first-order chi connectivity index (χ1) is 9.06. The summed E-state index contributed by atoms with van der Waals surface area (Å²) in [6.45, 7) is 4.05. The normalized spacial score (nSPS) is 12.9. The van der Waals surface area contributed by atoms with Crippen LogP contribution in [0.3, 0.4) is 0 Å². The Kier molecular flexibility index (Phi) is 4.34. The number of hydrogen-bond donors (Lipinski definition) is 3. The zero-order valence-electron chi connectivity index (χ0n) is 11.0. The highest BCUT2D eigenvalue weighted by Gasteiger charge is 2.13. The van der Waals surface area contributed by atoms with Gasteiger partial charge in [0.1, 0.15) is 5.76 Å². The quantitative estimate of drug-likeness (QED) is 0.789. The number of aryl methyl sites for hydroxylation is 2. The first-order valence-electron chi connectivity index (χ1n) is 6.31. The molecule has 2 aromatic rings. The summed E-state index contributed by atoms with van der Waals surface area (Å²) >= 11 is 6.21. The van der Waals surface area contributed by atoms with E-state index in [2.05, 4.69) is 5.32 Å². The van der Waals surface area contributed by atoms with Crippen LogP contribution < -0.4 is 5.32 Å². The van der Waals surface area contributed by atoms with Crippen LogP contribution in [0, 0.1) is 6.92 Å². The zero-order chi connectivity index (χ0) is 14.0. The average Bonchev–Trinajstić information content (AvgIpc) is 2.73. The highest BCUT2D eigenvalue weighted by molar-refractivity contribution is 6.35. The van der Waals surface area contributed by atoms with Crippen molar-refractivity contribution in [3.8, 4) is 0 Å². The van der Waals surface area contributed by atoms with E-state index in [-0.39, 0.29) is 13.2 Å². The molecule has 0 aliphatic heterocycles. The van der Waals surface area contributed by atoms with Gasteiger partial charge < -0.3 is 19.9 Å². The Bertz CT molecular complexity index is 580. The zero-order valence-corrected chi connectivity index (χ0v) is 11.8. The van der Waals surface area contributed by atoms with E-state index in [9.17, 15) is 5.11 Å². The van der Waals surface area contributed by atoms with Crippen LogP contribution in [-0.4, -0.2) is 29.5 Å². The molecule has 104 valence electrons. The SMILES string of the molecule is CCc1oc2c(Cl)cc(NCC(O)CO)cc2c1C. The van der Waals surface area contributed by atoms with E-state index in [0.29, 0.717) is 10.6 Å². The van der Waals surface area contributed by atoms with Crippen molar-refractivity contribution in [2.24, 2.45) is 0 Å². The molecule has 19 heavy (non-hydrogen) atoms. The molecule has 0 radical (unpaired) electrons. The molecule has 0 bridgehead atoms. The van der Waals surface area contributed by atoms with Crippen molar-refractivity contribution in [1.29, 1.82) is 0 Å². The highest BCUT2D eigenvalue weighted by Crippen LogP contribution is 2.34. The summed E-state index contributed by atoms with van der Waals surface area (Å²) in [6, 6.07) is 3.71. The summed E-state index contributed by atoms with van der Waals surface area (Å²) in [7, 11) is 0. The number of rotatable bonds is 5. The van der Waals surface area contributed by atoms with Crippen molar-refractivity contribution in [3.05, 3.63) is 28.5 Å². The monoisotopic (exact) mass is 283 g/mol. The molecule has 0 fully saturated rings. The van der Waals surface area contributed by atoms with Gasteiger partial charge in [0, 0.05) is 24.0 Å². The molecule has 0 spiro atoms. The molecule has 0 saturated carbocycles. The third-order valence-corrected chi connectivity index (χ3v) is 3.45. The number of hydrogen-bond acceptors (Lipinski definition) is 4. The molecular weight excluding hydrogens is 266 g/mol. The minimum Gasteiger partial charge on any atom is -0.459 e. The predicted octanol–water partition coefficient (Wildman–Crippen LogP) is 2.72. The third kappa shape index (κ3) is 2.86. The summed E-state index contributed by atoms with van der Waals surface area (Å²) in [4.78, 5) is 0. The Balaban J connectivity index is 2.35. The number of anilines is 1. The van der Waals surface area contributed by atoms with Gasteiger partial charge in [-0.2, -0.15) is 0 Å². The molecule has 5 heteroatoms. The standard InChI is InChI=1S/C14H18ClNO3/c1-3-13-8(2)11-4-9(16-6-10(18)7-17)5-12(15)14(11)19-13/h4-5,10,16-18H,3,6-7H2,1-2H3. The molecule has 1 heterocycles. The van der Waals surface area contributed by atoms with Gasteiger partial charge in [0.05, 0.1) is 17.7 Å². The number of aliphatic hydroxyl groups is 2. The molecule has 0 aliphatic rings. The van der Waals surface area contributed by atoms with Crippen molar-refractivity contribution in [2.45, 2.75) is 26.4 Å². The minimum absolute atomic E-state index is 0.270. The first kappa shape index (κ1) is 14.2. The van der Waals surface area contributed by atoms with Gasteiger partial charge >= 0.3 is 0 Å². The number of nitrogens with one attached hydrogen (secondary N) is 1. The van der Waals surface area contributed by atoms with Crippen LogP contribution in [0.4, 0.5) is 5.69 Å². The van der Waals surface area contributed by atoms with E-state index in [1.165, 1.54) is 0 Å². The fraction of sp³-hybridized carbons (Fsp3) is 0.429. The Labute approximate surface area is 117 Å². The lowest BCUT2D eigenvalue weighted by Gasteiger charge is -2.10. The van der Waals surface area contributed by atoms with Crippen molar-refractivity contribution < 1.29 is 14.6 Å². The van der Waals surface area contributed by atoms with Crippen LogP contribution in [0.5, 0.6) is 0 Å². The van der Waals surface area contributed by atoms with Gasteiger partial charge in [-0.15, -0.1) is 0 Å². The van der Waals surface area contributed by atoms with E-state index < -0.39 is 6.10 Å². The van der Waals surface area contributed by atoms with E-state index >= 15 is 0 Å². The Morgan fingerprint density at radius 2 is 2.16 bits per heavy atom. The topological polar surface area (TPSA) is 65.6 Å². The van der Waals surface area contributed by atoms with Gasteiger partial charge in [0.2, 0.25) is 0 Å². The second-order valence-electron chi connectivity index (χ2n) is 4.56. The van der Waals surface area contributed by atoms with Crippen LogP contribution >= 0.6 is 11.6 Å². The maximum Gasteiger partial charge on any atom is 0.153 e. The maximum absolute atomic E-state index is 9.33. The second-order valence-corrected chi connectivity index (χ2v) is 4.96. The molecule has 1 aromatic carbocycles. The van der Waals surface area contributed by atoms with Crippen LogP contribution in [0.1, 0.15) is 18.2 Å². The van der Waals surface area contributed by atoms with Crippen molar-refractivity contribution in [3.63, 3.8) is 0 Å². The van der Waals surface area contributed by atoms with Crippen LogP contribution in [0.15, 0.2) is 16.5 Å². The third-order valence-electron chi connectivity index (χ3n) is 3.16. The number of halogens is 1. The molecule has 0 saturated heterocycles. The van der Waals surface area contributed by atoms with Crippen molar-refractivity contribution in [2.75, 3.05) is 18.5 Å². The number of benzene rings is 1. The van der Waals surface area contributed by atoms with Gasteiger partial charge in [-0.3, -0.25) is 0 Å². The average molecular weight is 284 g/mol. The molecule has 1 unspecified atom stereocenters. The van der Waals surface area contributed by atoms with Gasteiger partial charge in [-0.1, -0.05) is 18.5 Å². The van der Waals surface area contributed by atoms with Gasteiger partial charge in [-0.05, 0) is 24.6 Å². The largest absolute Gasteiger partial charge is 0.459 e. The van der Waals surface area contributed by atoms with Gasteiger partial charge in [0.15, 0.2) is 5.58 Å². The van der Waals surface area contributed by atoms with Crippen molar-refractivity contribution in [1.82, 2.24) is 0 Å². The maximum atomic E-state index is 9.33. The first-order valence-corrected chi connectivity index (χ1v) is 6.69. The highest BCUT2D eigenvalue weighted by atomic mass is 35.5. The van der Waals surface area contributed by atoms with Crippen molar-refractivity contribution >= 4 is 28.3 Å². The molecule has 1 atom stereocenters. The van der Waals surface area contributed by atoms with Gasteiger partial charge in [-0.25, -0.2) is 0 Å². The lowest BCUT2D eigenvalue weighted by atomic mass is 10.1. The van der Waals surface area contributed by atoms with E-state index in [4.69, 9.17) is 21.1 Å². The summed E-state index contributed by atoms with van der Waals surface area (Å²) in [6.07, 6.45) is 0.0363. The van der Waals surface area contributed by atoms with E-state index in [1.54, 1.807) is 6.07 Å². The fourth-order valence-corrected chi connectivity index (χ4v) is 2.32. The lowest BCUT2D eigenvalue weighted by Crippen LogP contribution is -2.22. The van der Waals surface area contributed by atoms with Crippen LogP contribution in [0.2, 0.25) is 5.02 Å². The summed E-state index contributed by atoms with van der Waals surface area (Å²) in [5.41, 5.74) is 2.59. The summed E-state index contributed by atoms with van der Waals surface area (Å²) < 4.78 is 5.73. The smallest absolute Gasteiger partial charge is 0.153 e. The number of aliphatic hydroxyl groups excluding tert-OH is 2. The van der Waals surface area contributed by atoms with Crippen LogP contribution in [0.25, 0.3) is 11.0 Å². The second kappa shape index (κ2) is 5.82. The molecular formula is C14H18ClNO3. The Morgan fingerprint density at radius 1 is 1.42 bits per heavy atom. The molecule has 0 aliphatic carbocycles. The predicted molar refractivity (Wildman–Crippen MR) is 76.9 cm³/mol. The van der Waals surface area contributed by atoms with E-state index in [1.807, 2.05) is 19.9 Å². The number of fused-ring (bicyclic) bond motifs is 1. The molecule has 2 rings (SSSR count). The molecule has 1 aromatic heterocycles. The lowest BCUT2D eigenvalue weighted by molar-refractivity contribution is 0.105. The summed E-state index contributed by atoms with van der Waals surface area (Å²) in [5.74, 6) is 0.935. The fourth-order valence-electron chi connectivity index (χ4n) is 2.07. The molecule has 0 amide bonds. The summed E-state index contributed by atoms with van der Waals surface area (Å²) in [5, 5.41) is 22.7. The number of furan rings is 1. The molecule has 3 N–H and O–H groups in total.